The van der Waals surface area contributed by atoms with Crippen molar-refractivity contribution in [2.45, 2.75) is 12.8 Å². The maximum atomic E-state index is 11.1. The second-order valence-corrected chi connectivity index (χ2v) is 7.60. The fourth-order valence-corrected chi connectivity index (χ4v) is 3.85. The zero-order valence-electron chi connectivity index (χ0n) is 15.4. The predicted octanol–water partition coefficient (Wildman–Crippen LogP) is 4.81. The van der Waals surface area contributed by atoms with Crippen molar-refractivity contribution in [3.63, 3.8) is 0 Å². The van der Waals surface area contributed by atoms with Gasteiger partial charge >= 0.3 is 5.97 Å². The van der Waals surface area contributed by atoms with E-state index in [0.29, 0.717) is 29.7 Å². The molecule has 0 bridgehead atoms. The Kier molecular flexibility index (Phi) is 7.31. The Morgan fingerprint density at radius 1 is 1.25 bits per heavy atom. The Balaban J connectivity index is 1.57. The van der Waals surface area contributed by atoms with Gasteiger partial charge < -0.3 is 9.94 Å². The lowest BCUT2D eigenvalue weighted by Crippen LogP contribution is -2.40. The molecule has 3 rings (SSSR count). The van der Waals surface area contributed by atoms with E-state index in [1.54, 1.807) is 18.3 Å². The summed E-state index contributed by atoms with van der Waals surface area (Å²) < 4.78 is 0. The molecule has 1 fully saturated rings. The number of rotatable bonds is 7. The van der Waals surface area contributed by atoms with E-state index in [1.165, 1.54) is 0 Å². The van der Waals surface area contributed by atoms with Crippen LogP contribution in [0.2, 0.25) is 10.0 Å². The highest BCUT2D eigenvalue weighted by Crippen LogP contribution is 2.32. The minimum Gasteiger partial charge on any atom is -0.481 e. The van der Waals surface area contributed by atoms with E-state index in [0.717, 1.165) is 36.1 Å². The van der Waals surface area contributed by atoms with Crippen molar-refractivity contribution in [3.05, 3.63) is 58.1 Å². The van der Waals surface area contributed by atoms with Gasteiger partial charge in [-0.15, -0.1) is 0 Å². The van der Waals surface area contributed by atoms with Crippen molar-refractivity contribution in [2.24, 2.45) is 11.1 Å². The first-order valence-electron chi connectivity index (χ1n) is 9.19. The van der Waals surface area contributed by atoms with Gasteiger partial charge in [0.15, 0.2) is 0 Å². The summed E-state index contributed by atoms with van der Waals surface area (Å²) in [6, 6.07) is 13.2. The van der Waals surface area contributed by atoms with Crippen LogP contribution in [0.1, 0.15) is 18.4 Å². The predicted molar refractivity (Wildman–Crippen MR) is 112 cm³/mol. The Morgan fingerprint density at radius 2 is 2.07 bits per heavy atom. The van der Waals surface area contributed by atoms with E-state index < -0.39 is 5.97 Å². The summed E-state index contributed by atoms with van der Waals surface area (Å²) in [6.45, 7) is 2.54. The van der Waals surface area contributed by atoms with Crippen LogP contribution >= 0.6 is 23.2 Å². The number of carboxylic acid groups (broad SMARTS) is 1. The monoisotopic (exact) mass is 420 g/mol. The fourth-order valence-electron chi connectivity index (χ4n) is 3.34. The lowest BCUT2D eigenvalue weighted by Gasteiger charge is -2.29. The van der Waals surface area contributed by atoms with Crippen LogP contribution in [0.5, 0.6) is 0 Å². The van der Waals surface area contributed by atoms with E-state index in [-0.39, 0.29) is 5.92 Å². The van der Waals surface area contributed by atoms with Gasteiger partial charge in [-0.05, 0) is 37.1 Å². The molecule has 0 aliphatic carbocycles. The van der Waals surface area contributed by atoms with Crippen molar-refractivity contribution in [1.82, 2.24) is 4.90 Å². The van der Waals surface area contributed by atoms with Crippen LogP contribution < -0.4 is 0 Å². The molecule has 1 aliphatic rings. The van der Waals surface area contributed by atoms with E-state index in [4.69, 9.17) is 33.1 Å². The molecular formula is C21H22Cl2N2O3. The number of hydrogen-bond acceptors (Lipinski definition) is 4. The van der Waals surface area contributed by atoms with E-state index in [9.17, 15) is 4.79 Å². The van der Waals surface area contributed by atoms with Gasteiger partial charge in [0.25, 0.3) is 0 Å². The van der Waals surface area contributed by atoms with Gasteiger partial charge in [0.2, 0.25) is 0 Å². The van der Waals surface area contributed by atoms with Crippen LogP contribution in [-0.2, 0) is 9.63 Å². The quantitative estimate of drug-likeness (QED) is 0.396. The Labute approximate surface area is 174 Å². The molecule has 1 atom stereocenters. The van der Waals surface area contributed by atoms with E-state index in [1.807, 2.05) is 30.3 Å². The Hall–Kier alpha value is -2.08. The molecule has 7 heteroatoms. The van der Waals surface area contributed by atoms with Crippen molar-refractivity contribution < 1.29 is 14.7 Å². The molecule has 0 amide bonds. The summed E-state index contributed by atoms with van der Waals surface area (Å²) in [5, 5.41) is 14.4. The van der Waals surface area contributed by atoms with Gasteiger partial charge in [-0.1, -0.05) is 58.7 Å². The van der Waals surface area contributed by atoms with Crippen LogP contribution in [0.15, 0.2) is 47.6 Å². The molecule has 1 saturated heterocycles. The van der Waals surface area contributed by atoms with E-state index in [2.05, 4.69) is 10.1 Å². The summed E-state index contributed by atoms with van der Waals surface area (Å²) in [4.78, 5) is 18.6. The van der Waals surface area contributed by atoms with Gasteiger partial charge in [0.1, 0.15) is 6.61 Å². The fraction of sp³-hybridized carbons (Fsp3) is 0.333. The lowest BCUT2D eigenvalue weighted by atomic mass is 9.98. The number of halogens is 2. The second kappa shape index (κ2) is 9.92. The number of oxime groups is 1. The van der Waals surface area contributed by atoms with Crippen LogP contribution in [0, 0.1) is 5.92 Å². The molecule has 2 aromatic carbocycles. The van der Waals surface area contributed by atoms with Crippen molar-refractivity contribution >= 4 is 35.4 Å². The van der Waals surface area contributed by atoms with Crippen molar-refractivity contribution in [2.75, 3.05) is 26.2 Å². The molecule has 0 aromatic heterocycles. The number of carboxylic acids is 1. The smallest absolute Gasteiger partial charge is 0.307 e. The van der Waals surface area contributed by atoms with Crippen LogP contribution in [0.3, 0.4) is 0 Å². The number of nitrogens with zero attached hydrogens (tertiary/aromatic N) is 2. The molecule has 1 heterocycles. The first-order chi connectivity index (χ1) is 13.5. The maximum Gasteiger partial charge on any atom is 0.307 e. The Morgan fingerprint density at radius 3 is 2.86 bits per heavy atom. The average molecular weight is 421 g/mol. The molecule has 0 radical (unpaired) electrons. The standard InChI is InChI=1S/C21H22Cl2N2O3/c22-17-7-8-19(20(23)12-17)18-6-2-1-4-15(18)13-24-28-11-10-25-9-3-5-16(14-25)21(26)27/h1-2,4,6-8,12-13,16H,3,5,9-11,14H2,(H,26,27)/b24-13+/t16-/m1/s1. The van der Waals surface area contributed by atoms with Gasteiger partial charge in [-0.2, -0.15) is 0 Å². The zero-order chi connectivity index (χ0) is 19.9. The molecular weight excluding hydrogens is 399 g/mol. The van der Waals surface area contributed by atoms with Gasteiger partial charge in [-0.3, -0.25) is 9.69 Å². The molecule has 2 aromatic rings. The average Bonchev–Trinajstić information content (AvgIpc) is 2.68. The third kappa shape index (κ3) is 5.47. The molecule has 5 nitrogen and oxygen atoms in total. The highest BCUT2D eigenvalue weighted by Gasteiger charge is 2.24. The maximum absolute atomic E-state index is 11.1. The third-order valence-electron chi connectivity index (χ3n) is 4.80. The second-order valence-electron chi connectivity index (χ2n) is 6.76. The van der Waals surface area contributed by atoms with Crippen LogP contribution in [0.25, 0.3) is 11.1 Å². The van der Waals surface area contributed by atoms with Crippen LogP contribution in [-0.4, -0.2) is 48.4 Å². The highest BCUT2D eigenvalue weighted by molar-refractivity contribution is 6.36. The molecule has 0 spiro atoms. The molecule has 1 N–H and O–H groups in total. The van der Waals surface area contributed by atoms with Crippen molar-refractivity contribution in [1.29, 1.82) is 0 Å². The van der Waals surface area contributed by atoms with Crippen LogP contribution in [0.4, 0.5) is 0 Å². The largest absolute Gasteiger partial charge is 0.481 e. The Bertz CT molecular complexity index is 857. The third-order valence-corrected chi connectivity index (χ3v) is 5.35. The minimum atomic E-state index is -0.721. The van der Waals surface area contributed by atoms with Gasteiger partial charge in [0.05, 0.1) is 12.1 Å². The highest BCUT2D eigenvalue weighted by atomic mass is 35.5. The summed E-state index contributed by atoms with van der Waals surface area (Å²) in [6.07, 6.45) is 3.31. The SMILES string of the molecule is O=C(O)[C@@H]1CCCN(CCO/N=C/c2ccccc2-c2ccc(Cl)cc2Cl)C1. The summed E-state index contributed by atoms with van der Waals surface area (Å²) in [5.74, 6) is -1.01. The number of piperidine rings is 1. The molecule has 148 valence electrons. The van der Waals surface area contributed by atoms with Gasteiger partial charge in [-0.25, -0.2) is 0 Å². The molecule has 0 saturated carbocycles. The summed E-state index contributed by atoms with van der Waals surface area (Å²) in [7, 11) is 0. The molecule has 28 heavy (non-hydrogen) atoms. The topological polar surface area (TPSA) is 62.1 Å². The first-order valence-corrected chi connectivity index (χ1v) is 9.95. The lowest BCUT2D eigenvalue weighted by molar-refractivity contribution is -0.143. The van der Waals surface area contributed by atoms with Crippen molar-refractivity contribution in [3.8, 4) is 11.1 Å². The summed E-state index contributed by atoms with van der Waals surface area (Å²) >= 11 is 12.3. The van der Waals surface area contributed by atoms with Gasteiger partial charge in [0, 0.05) is 34.3 Å². The number of hydrogen-bond donors (Lipinski definition) is 1. The minimum absolute atomic E-state index is 0.284. The number of benzene rings is 2. The summed E-state index contributed by atoms with van der Waals surface area (Å²) in [5.41, 5.74) is 2.70. The zero-order valence-corrected chi connectivity index (χ0v) is 16.9. The molecule has 1 aliphatic heterocycles. The molecule has 0 unspecified atom stereocenters. The van der Waals surface area contributed by atoms with E-state index >= 15 is 0 Å². The first kappa shape index (κ1) is 20.6. The number of likely N-dealkylation sites (tertiary alicyclic amines) is 1. The normalized spacial score (nSPS) is 17.7. The number of carbonyl (C=O) groups is 1. The number of aliphatic carboxylic acids is 1.